The minimum Gasteiger partial charge on any atom is -0.481 e. The average Bonchev–Trinajstić information content (AvgIpc) is 3.02. The second kappa shape index (κ2) is 6.37. The number of nitro groups is 1. The van der Waals surface area contributed by atoms with Gasteiger partial charge in [-0.3, -0.25) is 19.9 Å². The number of sulfonamides is 1. The minimum atomic E-state index is -4.10. The Morgan fingerprint density at radius 2 is 2.16 bits per heavy atom. The fourth-order valence-electron chi connectivity index (χ4n) is 3.08. The Bertz CT molecular complexity index is 959. The monoisotopic (exact) mass is 365 g/mol. The summed E-state index contributed by atoms with van der Waals surface area (Å²) in [6.07, 6.45) is 1.75. The van der Waals surface area contributed by atoms with Crippen LogP contribution in [0.25, 0.3) is 10.9 Å². The van der Waals surface area contributed by atoms with Gasteiger partial charge in [-0.1, -0.05) is 0 Å². The van der Waals surface area contributed by atoms with Gasteiger partial charge in [0.05, 0.1) is 15.8 Å². The molecule has 0 amide bonds. The van der Waals surface area contributed by atoms with Gasteiger partial charge in [0.25, 0.3) is 5.69 Å². The van der Waals surface area contributed by atoms with Gasteiger partial charge in [-0.15, -0.1) is 0 Å². The summed E-state index contributed by atoms with van der Waals surface area (Å²) in [6, 6.07) is 5.58. The molecule has 0 bridgehead atoms. The normalized spacial score (nSPS) is 18.5. The number of fused-ring (bicyclic) bond motifs is 1. The molecule has 1 unspecified atom stereocenters. The first-order valence-electron chi connectivity index (χ1n) is 7.55. The molecule has 0 aliphatic carbocycles. The van der Waals surface area contributed by atoms with E-state index in [4.69, 9.17) is 5.11 Å². The number of carbonyl (C=O) groups is 1. The van der Waals surface area contributed by atoms with E-state index in [9.17, 15) is 23.3 Å². The first-order chi connectivity index (χ1) is 11.8. The highest BCUT2D eigenvalue weighted by Gasteiger charge is 2.38. The van der Waals surface area contributed by atoms with E-state index < -0.39 is 31.5 Å². The summed E-state index contributed by atoms with van der Waals surface area (Å²) < 4.78 is 26.9. The van der Waals surface area contributed by atoms with Crippen LogP contribution in [-0.4, -0.2) is 46.8 Å². The molecule has 1 fully saturated rings. The van der Waals surface area contributed by atoms with E-state index in [0.29, 0.717) is 11.9 Å². The van der Waals surface area contributed by atoms with Gasteiger partial charge >= 0.3 is 5.97 Å². The van der Waals surface area contributed by atoms with E-state index in [1.165, 1.54) is 30.5 Å². The Balaban J connectivity index is 2.05. The van der Waals surface area contributed by atoms with Crippen LogP contribution in [0.4, 0.5) is 5.69 Å². The minimum absolute atomic E-state index is 0.0386. The standard InChI is InChI=1S/C15H15N3O6S/c19-14(20)8-10-5-7-17(9-10)25(23,24)13-4-3-12-11(2-1-6-16-12)15(13)18(21)22/h1-4,6,10H,5,7-9H2,(H,19,20). The second-order valence-electron chi connectivity index (χ2n) is 5.86. The van der Waals surface area contributed by atoms with E-state index in [0.717, 1.165) is 4.31 Å². The summed E-state index contributed by atoms with van der Waals surface area (Å²) in [4.78, 5) is 25.2. The van der Waals surface area contributed by atoms with E-state index in [2.05, 4.69) is 4.98 Å². The molecule has 1 N–H and O–H groups in total. The zero-order valence-electron chi connectivity index (χ0n) is 13.0. The number of hydrogen-bond acceptors (Lipinski definition) is 6. The lowest BCUT2D eigenvalue weighted by Crippen LogP contribution is -2.29. The second-order valence-corrected chi connectivity index (χ2v) is 7.76. The van der Waals surface area contributed by atoms with Crippen molar-refractivity contribution in [3.05, 3.63) is 40.6 Å². The van der Waals surface area contributed by atoms with Crippen molar-refractivity contribution < 1.29 is 23.2 Å². The molecule has 1 aromatic heterocycles. The molecular weight excluding hydrogens is 350 g/mol. The lowest BCUT2D eigenvalue weighted by Gasteiger charge is -2.17. The Kier molecular flexibility index (Phi) is 4.39. The van der Waals surface area contributed by atoms with Gasteiger partial charge in [0.1, 0.15) is 0 Å². The SMILES string of the molecule is O=C(O)CC1CCN(S(=O)(=O)c2ccc3ncccc3c2[N+](=O)[O-])C1. The van der Waals surface area contributed by atoms with Crippen LogP contribution >= 0.6 is 0 Å². The highest BCUT2D eigenvalue weighted by molar-refractivity contribution is 7.89. The lowest BCUT2D eigenvalue weighted by atomic mass is 10.1. The summed E-state index contributed by atoms with van der Waals surface area (Å²) in [6.45, 7) is 0.180. The predicted molar refractivity (Wildman–Crippen MR) is 87.5 cm³/mol. The Hall–Kier alpha value is -2.59. The molecule has 9 nitrogen and oxygen atoms in total. The molecule has 1 aliphatic rings. The molecule has 1 atom stereocenters. The first-order valence-corrected chi connectivity index (χ1v) is 8.99. The largest absolute Gasteiger partial charge is 0.481 e. The molecule has 1 saturated heterocycles. The quantitative estimate of drug-likeness (QED) is 0.629. The molecule has 0 spiro atoms. The van der Waals surface area contributed by atoms with Gasteiger partial charge in [0.2, 0.25) is 10.0 Å². The smallest absolute Gasteiger partial charge is 0.303 e. The third-order valence-electron chi connectivity index (χ3n) is 4.23. The highest BCUT2D eigenvalue weighted by atomic mass is 32.2. The van der Waals surface area contributed by atoms with Gasteiger partial charge < -0.3 is 5.11 Å². The molecule has 1 aromatic carbocycles. The van der Waals surface area contributed by atoms with Crippen LogP contribution in [0, 0.1) is 16.0 Å². The molecule has 1 aliphatic heterocycles. The zero-order chi connectivity index (χ0) is 18.2. The van der Waals surface area contributed by atoms with Crippen molar-refractivity contribution in [1.82, 2.24) is 9.29 Å². The summed E-state index contributed by atoms with van der Waals surface area (Å²) in [7, 11) is -4.10. The number of nitro benzene ring substituents is 1. The van der Waals surface area contributed by atoms with Gasteiger partial charge in [-0.25, -0.2) is 8.42 Å². The topological polar surface area (TPSA) is 131 Å². The number of aliphatic carboxylic acids is 1. The van der Waals surface area contributed by atoms with Crippen molar-refractivity contribution in [2.75, 3.05) is 13.1 Å². The predicted octanol–water partition coefficient (Wildman–Crippen LogP) is 1.63. The molecular formula is C15H15N3O6S. The van der Waals surface area contributed by atoms with E-state index in [-0.39, 0.29) is 30.8 Å². The van der Waals surface area contributed by atoms with Gasteiger partial charge in [0, 0.05) is 25.7 Å². The summed E-state index contributed by atoms with van der Waals surface area (Å²) in [5, 5.41) is 20.5. The van der Waals surface area contributed by atoms with Crippen LogP contribution in [-0.2, 0) is 14.8 Å². The van der Waals surface area contributed by atoms with Crippen LogP contribution in [0.1, 0.15) is 12.8 Å². The van der Waals surface area contributed by atoms with Gasteiger partial charge in [-0.05, 0) is 36.6 Å². The van der Waals surface area contributed by atoms with Crippen LogP contribution in [0.5, 0.6) is 0 Å². The van der Waals surface area contributed by atoms with Crippen molar-refractivity contribution in [1.29, 1.82) is 0 Å². The zero-order valence-corrected chi connectivity index (χ0v) is 13.8. The summed E-state index contributed by atoms with van der Waals surface area (Å²) >= 11 is 0. The summed E-state index contributed by atoms with van der Waals surface area (Å²) in [5.41, 5.74) is -0.175. The fourth-order valence-corrected chi connectivity index (χ4v) is 4.78. The highest BCUT2D eigenvalue weighted by Crippen LogP contribution is 2.35. The maximum Gasteiger partial charge on any atom is 0.303 e. The van der Waals surface area contributed by atoms with Gasteiger partial charge in [0.15, 0.2) is 4.90 Å². The number of rotatable bonds is 5. The lowest BCUT2D eigenvalue weighted by molar-refractivity contribution is -0.386. The fraction of sp³-hybridized carbons (Fsp3) is 0.333. The maximum absolute atomic E-state index is 12.9. The van der Waals surface area contributed by atoms with E-state index >= 15 is 0 Å². The Morgan fingerprint density at radius 3 is 2.84 bits per heavy atom. The number of aromatic nitrogens is 1. The van der Waals surface area contributed by atoms with Crippen molar-refractivity contribution in [3.8, 4) is 0 Å². The van der Waals surface area contributed by atoms with Crippen LogP contribution < -0.4 is 0 Å². The van der Waals surface area contributed by atoms with Crippen LogP contribution in [0.15, 0.2) is 35.4 Å². The van der Waals surface area contributed by atoms with E-state index in [1.54, 1.807) is 0 Å². The van der Waals surface area contributed by atoms with Crippen molar-refractivity contribution in [2.45, 2.75) is 17.7 Å². The van der Waals surface area contributed by atoms with Crippen LogP contribution in [0.2, 0.25) is 0 Å². The molecule has 3 rings (SSSR count). The van der Waals surface area contributed by atoms with Gasteiger partial charge in [-0.2, -0.15) is 4.31 Å². The number of nitrogens with zero attached hydrogens (tertiary/aromatic N) is 3. The Labute approximate surface area is 143 Å². The molecule has 2 aromatic rings. The number of carboxylic acid groups (broad SMARTS) is 1. The third kappa shape index (κ3) is 3.17. The van der Waals surface area contributed by atoms with Crippen molar-refractivity contribution in [3.63, 3.8) is 0 Å². The molecule has 0 saturated carbocycles. The third-order valence-corrected chi connectivity index (χ3v) is 6.13. The number of benzene rings is 1. The first kappa shape index (κ1) is 17.2. The molecule has 10 heteroatoms. The summed E-state index contributed by atoms with van der Waals surface area (Å²) in [5.74, 6) is -1.29. The average molecular weight is 365 g/mol. The molecule has 0 radical (unpaired) electrons. The van der Waals surface area contributed by atoms with Crippen molar-refractivity contribution >= 4 is 32.6 Å². The Morgan fingerprint density at radius 1 is 1.40 bits per heavy atom. The molecule has 25 heavy (non-hydrogen) atoms. The number of carboxylic acids is 1. The maximum atomic E-state index is 12.9. The number of pyridine rings is 1. The molecule has 132 valence electrons. The van der Waals surface area contributed by atoms with Crippen LogP contribution in [0.3, 0.4) is 0 Å². The number of hydrogen-bond donors (Lipinski definition) is 1. The van der Waals surface area contributed by atoms with E-state index in [1.807, 2.05) is 0 Å². The van der Waals surface area contributed by atoms with Crippen molar-refractivity contribution in [2.24, 2.45) is 5.92 Å². The molecule has 2 heterocycles.